The van der Waals surface area contributed by atoms with Gasteiger partial charge in [0.15, 0.2) is 0 Å². The predicted octanol–water partition coefficient (Wildman–Crippen LogP) is 2.76. The Labute approximate surface area is 120 Å². The Morgan fingerprint density at radius 1 is 1.35 bits per heavy atom. The molecule has 0 bridgehead atoms. The molecule has 3 rings (SSSR count). The van der Waals surface area contributed by atoms with Gasteiger partial charge in [-0.1, -0.05) is 0 Å². The molecule has 0 aliphatic heterocycles. The van der Waals surface area contributed by atoms with Gasteiger partial charge in [0.2, 0.25) is 0 Å². The lowest BCUT2D eigenvalue weighted by atomic mass is 9.95. The largest absolute Gasteiger partial charge is 0.388 e. The average Bonchev–Trinajstić information content (AvgIpc) is 2.95. The number of aliphatic hydroxyl groups excluding tert-OH is 1. The molecule has 0 saturated heterocycles. The van der Waals surface area contributed by atoms with Crippen molar-refractivity contribution in [3.05, 3.63) is 41.0 Å². The van der Waals surface area contributed by atoms with E-state index in [0.29, 0.717) is 0 Å². The van der Waals surface area contributed by atoms with Crippen molar-refractivity contribution in [2.24, 2.45) is 0 Å². The lowest BCUT2D eigenvalue weighted by Gasteiger charge is -2.20. The molecule has 1 N–H and O–H groups in total. The van der Waals surface area contributed by atoms with E-state index in [0.717, 1.165) is 50.0 Å². The lowest BCUT2D eigenvalue weighted by molar-refractivity contribution is 0.155. The first-order valence-corrected chi connectivity index (χ1v) is 7.52. The summed E-state index contributed by atoms with van der Waals surface area (Å²) in [4.78, 5) is 0. The second-order valence-electron chi connectivity index (χ2n) is 5.82. The summed E-state index contributed by atoms with van der Waals surface area (Å²) in [6.07, 6.45) is 6.04. The summed E-state index contributed by atoms with van der Waals surface area (Å²) in [5.74, 6) is 0. The number of aliphatic hydroxyl groups is 1. The molecule has 2 aromatic heterocycles. The van der Waals surface area contributed by atoms with Crippen LogP contribution in [0.2, 0.25) is 0 Å². The number of aromatic nitrogens is 3. The van der Waals surface area contributed by atoms with Crippen molar-refractivity contribution in [1.82, 2.24) is 14.3 Å². The zero-order valence-electron chi connectivity index (χ0n) is 12.3. The van der Waals surface area contributed by atoms with Crippen LogP contribution in [0.3, 0.4) is 0 Å². The Balaban J connectivity index is 1.63. The molecule has 0 radical (unpaired) electrons. The van der Waals surface area contributed by atoms with Gasteiger partial charge in [-0.25, -0.2) is 0 Å². The van der Waals surface area contributed by atoms with Gasteiger partial charge in [0.05, 0.1) is 11.8 Å². The topological polar surface area (TPSA) is 43.0 Å². The van der Waals surface area contributed by atoms with Crippen LogP contribution in [0.15, 0.2) is 18.3 Å². The summed E-state index contributed by atoms with van der Waals surface area (Å²) in [6.45, 7) is 6.09. The summed E-state index contributed by atoms with van der Waals surface area (Å²) in [7, 11) is 0. The van der Waals surface area contributed by atoms with Crippen LogP contribution in [0.25, 0.3) is 0 Å². The molecule has 0 spiro atoms. The van der Waals surface area contributed by atoms with Crippen molar-refractivity contribution in [2.75, 3.05) is 0 Å². The quantitative estimate of drug-likeness (QED) is 0.931. The maximum atomic E-state index is 9.99. The fourth-order valence-corrected chi connectivity index (χ4v) is 3.23. The zero-order chi connectivity index (χ0) is 14.1. The Bertz CT molecular complexity index is 597. The molecule has 4 nitrogen and oxygen atoms in total. The van der Waals surface area contributed by atoms with Crippen molar-refractivity contribution < 1.29 is 5.11 Å². The highest BCUT2D eigenvalue weighted by Crippen LogP contribution is 2.30. The average molecular weight is 273 g/mol. The van der Waals surface area contributed by atoms with E-state index in [1.807, 2.05) is 6.92 Å². The van der Waals surface area contributed by atoms with Gasteiger partial charge >= 0.3 is 0 Å². The number of rotatable bonds is 4. The second-order valence-corrected chi connectivity index (χ2v) is 5.82. The Morgan fingerprint density at radius 3 is 2.95 bits per heavy atom. The molecule has 1 aliphatic carbocycles. The number of hydrogen-bond acceptors (Lipinski definition) is 2. The van der Waals surface area contributed by atoms with Gasteiger partial charge in [0.1, 0.15) is 0 Å². The molecule has 2 aromatic rings. The summed E-state index contributed by atoms with van der Waals surface area (Å²) < 4.78 is 4.39. The van der Waals surface area contributed by atoms with Crippen LogP contribution in [0, 0.1) is 13.8 Å². The first-order valence-electron chi connectivity index (χ1n) is 7.52. The fraction of sp³-hybridized carbons (Fsp3) is 0.562. The molecule has 108 valence electrons. The van der Waals surface area contributed by atoms with Crippen LogP contribution in [0.4, 0.5) is 0 Å². The molecule has 20 heavy (non-hydrogen) atoms. The van der Waals surface area contributed by atoms with Gasteiger partial charge in [0, 0.05) is 36.2 Å². The van der Waals surface area contributed by atoms with E-state index >= 15 is 0 Å². The van der Waals surface area contributed by atoms with Crippen molar-refractivity contribution in [2.45, 2.75) is 58.7 Å². The highest BCUT2D eigenvalue weighted by atomic mass is 16.3. The molecule has 4 heteroatoms. The molecule has 1 aliphatic rings. The van der Waals surface area contributed by atoms with Crippen LogP contribution >= 0.6 is 0 Å². The molecule has 0 amide bonds. The summed E-state index contributed by atoms with van der Waals surface area (Å²) >= 11 is 0. The third kappa shape index (κ3) is 2.52. The van der Waals surface area contributed by atoms with E-state index in [4.69, 9.17) is 0 Å². The van der Waals surface area contributed by atoms with E-state index in [1.54, 1.807) is 0 Å². The third-order valence-corrected chi connectivity index (χ3v) is 4.24. The van der Waals surface area contributed by atoms with Crippen LogP contribution in [-0.4, -0.2) is 19.5 Å². The summed E-state index contributed by atoms with van der Waals surface area (Å²) in [5, 5.41) is 14.5. The highest BCUT2D eigenvalue weighted by molar-refractivity contribution is 5.27. The van der Waals surface area contributed by atoms with Crippen molar-refractivity contribution in [3.63, 3.8) is 0 Å². The van der Waals surface area contributed by atoms with Crippen LogP contribution in [0.1, 0.15) is 48.0 Å². The molecule has 2 heterocycles. The minimum Gasteiger partial charge on any atom is -0.388 e. The highest BCUT2D eigenvalue weighted by Gasteiger charge is 2.20. The number of nitrogens with zero attached hydrogens (tertiary/aromatic N) is 3. The van der Waals surface area contributed by atoms with E-state index in [2.05, 4.69) is 39.6 Å². The van der Waals surface area contributed by atoms with Gasteiger partial charge in [-0.05, 0) is 51.7 Å². The number of aryl methyl sites for hydroxylation is 4. The van der Waals surface area contributed by atoms with Gasteiger partial charge in [-0.2, -0.15) is 5.10 Å². The SMILES string of the molecule is Cc1cc(C)n(CCCn2ccc3c2CCCC3O)n1. The van der Waals surface area contributed by atoms with Crippen LogP contribution in [0.5, 0.6) is 0 Å². The predicted molar refractivity (Wildman–Crippen MR) is 78.6 cm³/mol. The van der Waals surface area contributed by atoms with E-state index in [-0.39, 0.29) is 6.10 Å². The van der Waals surface area contributed by atoms with E-state index in [9.17, 15) is 5.11 Å². The molecule has 0 saturated carbocycles. The standard InChI is InChI=1S/C16H23N3O/c1-12-11-13(2)19(17-12)9-4-8-18-10-7-14-15(18)5-3-6-16(14)20/h7,10-11,16,20H,3-6,8-9H2,1-2H3. The van der Waals surface area contributed by atoms with Gasteiger partial charge in [0.25, 0.3) is 0 Å². The first-order chi connectivity index (χ1) is 9.65. The van der Waals surface area contributed by atoms with Crippen LogP contribution in [-0.2, 0) is 19.5 Å². The Hall–Kier alpha value is -1.55. The lowest BCUT2D eigenvalue weighted by Crippen LogP contribution is -2.13. The molecule has 0 aromatic carbocycles. The fourth-order valence-electron chi connectivity index (χ4n) is 3.23. The smallest absolute Gasteiger partial charge is 0.0807 e. The third-order valence-electron chi connectivity index (χ3n) is 4.24. The number of fused-ring (bicyclic) bond motifs is 1. The minimum absolute atomic E-state index is 0.254. The van der Waals surface area contributed by atoms with Crippen molar-refractivity contribution in [1.29, 1.82) is 0 Å². The van der Waals surface area contributed by atoms with E-state index in [1.165, 1.54) is 11.4 Å². The molecular weight excluding hydrogens is 250 g/mol. The minimum atomic E-state index is -0.254. The zero-order valence-corrected chi connectivity index (χ0v) is 12.3. The van der Waals surface area contributed by atoms with Crippen LogP contribution < -0.4 is 0 Å². The first kappa shape index (κ1) is 13.4. The Morgan fingerprint density at radius 2 is 2.20 bits per heavy atom. The van der Waals surface area contributed by atoms with Crippen molar-refractivity contribution >= 4 is 0 Å². The molecule has 0 fully saturated rings. The maximum Gasteiger partial charge on any atom is 0.0807 e. The van der Waals surface area contributed by atoms with Gasteiger partial charge < -0.3 is 9.67 Å². The monoisotopic (exact) mass is 273 g/mol. The second kappa shape index (κ2) is 5.44. The summed E-state index contributed by atoms with van der Waals surface area (Å²) in [5.41, 5.74) is 4.79. The Kier molecular flexibility index (Phi) is 3.66. The molecule has 1 atom stereocenters. The number of hydrogen-bond donors (Lipinski definition) is 1. The van der Waals surface area contributed by atoms with E-state index < -0.39 is 0 Å². The summed E-state index contributed by atoms with van der Waals surface area (Å²) in [6, 6.07) is 4.20. The van der Waals surface area contributed by atoms with Crippen molar-refractivity contribution in [3.8, 4) is 0 Å². The van der Waals surface area contributed by atoms with Gasteiger partial charge in [-0.15, -0.1) is 0 Å². The molecular formula is C16H23N3O. The molecule has 1 unspecified atom stereocenters. The van der Waals surface area contributed by atoms with Gasteiger partial charge in [-0.3, -0.25) is 4.68 Å². The maximum absolute atomic E-state index is 9.99. The normalized spacial score (nSPS) is 18.2.